The third kappa shape index (κ3) is 8.25. The molecule has 46 heavy (non-hydrogen) atoms. The van der Waals surface area contributed by atoms with E-state index >= 15 is 0 Å². The molecule has 2 atom stereocenters. The van der Waals surface area contributed by atoms with Crippen molar-refractivity contribution >= 4 is 17.2 Å². The lowest BCUT2D eigenvalue weighted by Gasteiger charge is -2.70. The zero-order valence-corrected chi connectivity index (χ0v) is 32.5. The van der Waals surface area contributed by atoms with E-state index < -0.39 is 69.7 Å². The number of aliphatic hydroxyl groups excluding tert-OH is 3. The van der Waals surface area contributed by atoms with Crippen molar-refractivity contribution in [2.75, 3.05) is 19.8 Å². The fraction of sp³-hybridized carbons (Fsp3) is 0.771. The third-order valence-corrected chi connectivity index (χ3v) is 11.4. The number of rotatable bonds is 8. The van der Waals surface area contributed by atoms with Crippen LogP contribution in [0.25, 0.3) is 0 Å². The fourth-order valence-corrected chi connectivity index (χ4v) is 8.03. The third-order valence-electron chi connectivity index (χ3n) is 10.2. The number of hydrogen-bond acceptors (Lipinski definition) is 9. The van der Waals surface area contributed by atoms with Gasteiger partial charge in [-0.15, -0.1) is 0 Å². The van der Waals surface area contributed by atoms with Gasteiger partial charge in [0, 0.05) is 10.8 Å². The monoisotopic (exact) mass is 690 g/mol. The maximum Gasteiger partial charge on any atom is 0.334 e. The topological polar surface area (TPSA) is 171 Å². The van der Waals surface area contributed by atoms with Crippen LogP contribution in [0.1, 0.15) is 110 Å². The van der Waals surface area contributed by atoms with Crippen molar-refractivity contribution in [3.05, 3.63) is 46.6 Å². The number of allylic oxidation sites excluding steroid dienone is 6. The summed E-state index contributed by atoms with van der Waals surface area (Å²) in [6.07, 6.45) is 10.1. The molecule has 0 amide bonds. The van der Waals surface area contributed by atoms with Gasteiger partial charge in [0.05, 0.1) is 30.8 Å². The zero-order chi connectivity index (χ0) is 36.5. The van der Waals surface area contributed by atoms with Gasteiger partial charge in [0.25, 0.3) is 0 Å². The van der Waals surface area contributed by atoms with Gasteiger partial charge in [-0.3, -0.25) is 0 Å². The summed E-state index contributed by atoms with van der Waals surface area (Å²) in [6.45, 7) is 28.6. The first-order valence-electron chi connectivity index (χ1n) is 15.9. The van der Waals surface area contributed by atoms with Crippen LogP contribution in [0.3, 0.4) is 0 Å². The van der Waals surface area contributed by atoms with E-state index in [4.69, 9.17) is 19.6 Å². The lowest BCUT2D eigenvalue weighted by atomic mass is 9.35. The van der Waals surface area contributed by atoms with Gasteiger partial charge in [-0.25, -0.2) is 4.31 Å². The smallest absolute Gasteiger partial charge is 0.334 e. The van der Waals surface area contributed by atoms with Crippen LogP contribution in [0, 0.1) is 37.9 Å². The Balaban J connectivity index is 0.00000135. The van der Waals surface area contributed by atoms with E-state index in [2.05, 4.69) is 126 Å². The van der Waals surface area contributed by atoms with Crippen LogP contribution in [-0.2, 0) is 4.31 Å². The van der Waals surface area contributed by atoms with Gasteiger partial charge in [-0.2, -0.15) is 0 Å². The molecular formula is C35H64O9P2. The minimum atomic E-state index is -2.61. The first kappa shape index (κ1) is 43.5. The van der Waals surface area contributed by atoms with Gasteiger partial charge < -0.3 is 40.0 Å². The number of hydrogen-bond donors (Lipinski definition) is 8. The number of aliphatic hydroxyl groups is 4. The minimum absolute atomic E-state index is 0.191. The first-order valence-corrected chi connectivity index (χ1v) is 18.2. The van der Waals surface area contributed by atoms with Crippen LogP contribution in [0.2, 0.25) is 0 Å². The van der Waals surface area contributed by atoms with E-state index in [1.54, 1.807) is 0 Å². The molecule has 268 valence electrons. The van der Waals surface area contributed by atoms with Crippen molar-refractivity contribution in [1.29, 1.82) is 0 Å². The molecule has 2 aliphatic carbocycles. The van der Waals surface area contributed by atoms with E-state index in [1.165, 1.54) is 0 Å². The molecule has 0 saturated heterocycles. The molecule has 0 saturated carbocycles. The van der Waals surface area contributed by atoms with Crippen molar-refractivity contribution in [3.63, 3.8) is 0 Å². The largest absolute Gasteiger partial charge is 0.395 e. The van der Waals surface area contributed by atoms with Crippen molar-refractivity contribution in [2.45, 2.75) is 115 Å². The molecule has 2 aliphatic rings. The van der Waals surface area contributed by atoms with E-state index in [0.29, 0.717) is 12.8 Å². The molecule has 0 aromatic rings. The van der Waals surface area contributed by atoms with E-state index in [0.717, 1.165) is 22.3 Å². The first-order chi connectivity index (χ1) is 20.5. The van der Waals surface area contributed by atoms with Crippen molar-refractivity contribution in [2.24, 2.45) is 37.9 Å². The molecule has 0 fully saturated rings. The average Bonchev–Trinajstić information content (AvgIpc) is 2.86. The maximum atomic E-state index is 14.1. The van der Waals surface area contributed by atoms with Crippen LogP contribution in [0.5, 0.6) is 0 Å². The quantitative estimate of drug-likeness (QED) is 0.127. The standard InChI is InChI=1S/C35H60O4.H4O5P2/c1-24-15-26(28(3,4)5)19-33(17-24,30(9,10)11)35(39,32(21-36,22-37)23-38)34(31(12,13)14)18-25(2)16-27(20-34)29(6,7)8;1-6(2)5-7(3)4/h15-16,19-20,36-39H,17-18,21-23H2,1-14H3;1-4H. The van der Waals surface area contributed by atoms with Crippen molar-refractivity contribution < 1.29 is 44.3 Å². The van der Waals surface area contributed by atoms with Crippen LogP contribution in [0.15, 0.2) is 46.6 Å². The summed E-state index contributed by atoms with van der Waals surface area (Å²) >= 11 is 0. The van der Waals surface area contributed by atoms with Crippen LogP contribution < -0.4 is 0 Å². The molecule has 9 nitrogen and oxygen atoms in total. The van der Waals surface area contributed by atoms with Gasteiger partial charge in [0.2, 0.25) is 0 Å². The summed E-state index contributed by atoms with van der Waals surface area (Å²) in [5.74, 6) is 0. The zero-order valence-electron chi connectivity index (χ0n) is 30.7. The Kier molecular flexibility index (Phi) is 13.9. The van der Waals surface area contributed by atoms with Gasteiger partial charge in [-0.05, 0) is 59.5 Å². The Bertz CT molecular complexity index is 1080. The highest BCUT2D eigenvalue weighted by Crippen LogP contribution is 2.71. The average molecular weight is 691 g/mol. The lowest BCUT2D eigenvalue weighted by Crippen LogP contribution is -2.76. The van der Waals surface area contributed by atoms with E-state index in [1.807, 2.05) is 0 Å². The summed E-state index contributed by atoms with van der Waals surface area (Å²) in [5.41, 5.74) is -2.13. The minimum Gasteiger partial charge on any atom is -0.395 e. The Morgan fingerprint density at radius 2 is 0.891 bits per heavy atom. The molecule has 11 heteroatoms. The van der Waals surface area contributed by atoms with Crippen LogP contribution in [0.4, 0.5) is 0 Å². The Morgan fingerprint density at radius 1 is 0.609 bits per heavy atom. The van der Waals surface area contributed by atoms with Crippen LogP contribution in [-0.4, -0.2) is 65.4 Å². The summed E-state index contributed by atoms with van der Waals surface area (Å²) < 4.78 is 3.60. The Labute approximate surface area is 280 Å². The Morgan fingerprint density at radius 3 is 1.07 bits per heavy atom. The second-order valence-electron chi connectivity index (χ2n) is 17.5. The van der Waals surface area contributed by atoms with Gasteiger partial charge in [-0.1, -0.05) is 119 Å². The fourth-order valence-electron chi connectivity index (χ4n) is 7.51. The molecule has 0 aliphatic heterocycles. The molecular weight excluding hydrogens is 626 g/mol. The van der Waals surface area contributed by atoms with Gasteiger partial charge in [0.15, 0.2) is 0 Å². The Hall–Kier alpha value is -0.540. The molecule has 2 unspecified atom stereocenters. The highest BCUT2D eigenvalue weighted by molar-refractivity contribution is 7.53. The predicted octanol–water partition coefficient (Wildman–Crippen LogP) is 6.82. The van der Waals surface area contributed by atoms with E-state index in [9.17, 15) is 20.4 Å². The van der Waals surface area contributed by atoms with Crippen molar-refractivity contribution in [1.82, 2.24) is 0 Å². The molecule has 8 N–H and O–H groups in total. The van der Waals surface area contributed by atoms with Gasteiger partial charge >= 0.3 is 17.2 Å². The molecule has 0 aromatic carbocycles. The summed E-state index contributed by atoms with van der Waals surface area (Å²) in [7, 11) is -5.22. The molecule has 0 aromatic heterocycles. The van der Waals surface area contributed by atoms with E-state index in [-0.39, 0.29) is 10.8 Å². The second kappa shape index (κ2) is 14.7. The highest BCUT2D eigenvalue weighted by Gasteiger charge is 2.75. The second-order valence-corrected chi connectivity index (χ2v) is 19.2. The van der Waals surface area contributed by atoms with Gasteiger partial charge in [0.1, 0.15) is 0 Å². The highest BCUT2D eigenvalue weighted by atomic mass is 31.2. The summed E-state index contributed by atoms with van der Waals surface area (Å²) in [6, 6.07) is 0. The molecule has 0 bridgehead atoms. The summed E-state index contributed by atoms with van der Waals surface area (Å²) in [5, 5.41) is 47.6. The SMILES string of the molecule is CC1=CC(C(C)(C)C)=CC(C(C)(C)C)(C(O)(C(CO)(CO)CO)C2(C(C)(C)C)C=C(C(C)(C)C)C=C(C)C2)C1.OP(O)OP(O)O. The molecule has 2 rings (SSSR count). The molecule has 0 spiro atoms. The lowest BCUT2D eigenvalue weighted by molar-refractivity contribution is -0.293. The normalized spacial score (nSPS) is 24.9. The van der Waals surface area contributed by atoms with Crippen LogP contribution >= 0.6 is 17.2 Å². The maximum absolute atomic E-state index is 14.1. The summed E-state index contributed by atoms with van der Waals surface area (Å²) in [4.78, 5) is 31.3. The molecule has 0 radical (unpaired) electrons. The molecule has 0 heterocycles. The van der Waals surface area contributed by atoms with Crippen molar-refractivity contribution in [3.8, 4) is 0 Å². The predicted molar refractivity (Wildman–Crippen MR) is 188 cm³/mol.